The molecule has 0 bridgehead atoms. The molecule has 2 N–H and O–H groups in total. The molecule has 2 aromatic carbocycles. The van der Waals surface area contributed by atoms with Gasteiger partial charge >= 0.3 is 0 Å². The van der Waals surface area contributed by atoms with Crippen LogP contribution in [0.4, 0.5) is 15.8 Å². The van der Waals surface area contributed by atoms with Crippen molar-refractivity contribution in [1.82, 2.24) is 14.3 Å². The predicted molar refractivity (Wildman–Crippen MR) is 111 cm³/mol. The molecule has 0 aliphatic rings. The van der Waals surface area contributed by atoms with E-state index in [1.807, 2.05) is 19.2 Å². The Morgan fingerprint density at radius 1 is 1.07 bits per heavy atom. The summed E-state index contributed by atoms with van der Waals surface area (Å²) in [4.78, 5) is 4.05. The smallest absolute Gasteiger partial charge is 0.269 e. The van der Waals surface area contributed by atoms with Crippen molar-refractivity contribution in [3.05, 3.63) is 84.6 Å². The van der Waals surface area contributed by atoms with Crippen molar-refractivity contribution in [3.8, 4) is 0 Å². The number of nitrogens with zero attached hydrogens (tertiary/aromatic N) is 2. The Morgan fingerprint density at radius 2 is 1.83 bits per heavy atom. The zero-order valence-electron chi connectivity index (χ0n) is 15.6. The molecule has 0 radical (unpaired) electrons. The number of fused-ring (bicyclic) bond motifs is 1. The molecule has 29 heavy (non-hydrogen) atoms. The molecule has 0 saturated carbocycles. The summed E-state index contributed by atoms with van der Waals surface area (Å²) in [6, 6.07) is 14.6. The van der Waals surface area contributed by atoms with Crippen molar-refractivity contribution < 1.29 is 12.8 Å². The molecule has 4 aromatic rings. The van der Waals surface area contributed by atoms with Gasteiger partial charge in [-0.1, -0.05) is 6.07 Å². The van der Waals surface area contributed by atoms with E-state index in [-0.39, 0.29) is 10.7 Å². The Morgan fingerprint density at radius 3 is 2.52 bits per heavy atom. The molecule has 148 valence electrons. The quantitative estimate of drug-likeness (QED) is 0.505. The molecule has 0 saturated heterocycles. The van der Waals surface area contributed by atoms with E-state index in [4.69, 9.17) is 0 Å². The van der Waals surface area contributed by atoms with Crippen molar-refractivity contribution in [2.24, 2.45) is 0 Å². The molecule has 0 amide bonds. The molecular formula is C21H19FN4O2S. The number of hydrogen-bond donors (Lipinski definition) is 2. The third-order valence-electron chi connectivity index (χ3n) is 4.55. The van der Waals surface area contributed by atoms with Gasteiger partial charge in [0, 0.05) is 41.9 Å². The first-order valence-electron chi connectivity index (χ1n) is 8.96. The van der Waals surface area contributed by atoms with Crippen LogP contribution in [0.2, 0.25) is 0 Å². The number of benzene rings is 2. The lowest BCUT2D eigenvalue weighted by Crippen LogP contribution is -2.12. The Balaban J connectivity index is 1.84. The largest absolute Gasteiger partial charge is 0.355 e. The second-order valence-electron chi connectivity index (χ2n) is 6.54. The van der Waals surface area contributed by atoms with Crippen LogP contribution in [0.25, 0.3) is 10.9 Å². The average Bonchev–Trinajstić information content (AvgIpc) is 3.09. The number of aromatic nitrogens is 2. The third kappa shape index (κ3) is 3.72. The Kier molecular flexibility index (Phi) is 5.04. The van der Waals surface area contributed by atoms with Crippen LogP contribution >= 0.6 is 0 Å². The second-order valence-corrected chi connectivity index (χ2v) is 8.35. The highest BCUT2D eigenvalue weighted by Crippen LogP contribution is 2.29. The maximum atomic E-state index is 13.2. The molecule has 0 spiro atoms. The monoisotopic (exact) mass is 410 g/mol. The van der Waals surface area contributed by atoms with Gasteiger partial charge in [0.2, 0.25) is 0 Å². The zero-order chi connectivity index (χ0) is 20.4. The lowest BCUT2D eigenvalue weighted by molar-refractivity contribution is 0.588. The highest BCUT2D eigenvalue weighted by Gasteiger charge is 2.21. The van der Waals surface area contributed by atoms with Gasteiger partial charge in [0.25, 0.3) is 10.0 Å². The topological polar surface area (TPSA) is 76.0 Å². The van der Waals surface area contributed by atoms with Gasteiger partial charge in [-0.3, -0.25) is 4.98 Å². The summed E-state index contributed by atoms with van der Waals surface area (Å²) >= 11 is 0. The maximum Gasteiger partial charge on any atom is 0.269 e. The lowest BCUT2D eigenvalue weighted by Gasteiger charge is -2.10. The normalized spacial score (nSPS) is 11.7. The Labute approximate surface area is 168 Å². The SMILES string of the molecule is CNCc1cn(S(=O)(=O)c2cccnc2)c2cc(Nc3ccc(F)cc3)ccc12. The number of anilines is 2. The predicted octanol–water partition coefficient (Wildman–Crippen LogP) is 3.88. The van der Waals surface area contributed by atoms with Crippen LogP contribution in [0.15, 0.2) is 78.1 Å². The maximum absolute atomic E-state index is 13.2. The summed E-state index contributed by atoms with van der Waals surface area (Å²) in [5, 5.41) is 7.08. The van der Waals surface area contributed by atoms with Crippen LogP contribution in [-0.2, 0) is 16.6 Å². The summed E-state index contributed by atoms with van der Waals surface area (Å²) in [6.07, 6.45) is 4.49. The molecule has 0 fully saturated rings. The third-order valence-corrected chi connectivity index (χ3v) is 6.20. The minimum Gasteiger partial charge on any atom is -0.355 e. The van der Waals surface area contributed by atoms with Crippen LogP contribution in [-0.4, -0.2) is 24.4 Å². The molecule has 4 rings (SSSR count). The van der Waals surface area contributed by atoms with Gasteiger partial charge < -0.3 is 10.6 Å². The van der Waals surface area contributed by atoms with E-state index in [2.05, 4.69) is 15.6 Å². The van der Waals surface area contributed by atoms with Gasteiger partial charge in [0.1, 0.15) is 10.7 Å². The van der Waals surface area contributed by atoms with Gasteiger partial charge in [-0.2, -0.15) is 0 Å². The first kappa shape index (κ1) is 19.1. The van der Waals surface area contributed by atoms with Crippen LogP contribution in [0.1, 0.15) is 5.56 Å². The molecule has 6 nitrogen and oxygen atoms in total. The minimum absolute atomic E-state index is 0.116. The lowest BCUT2D eigenvalue weighted by atomic mass is 10.1. The minimum atomic E-state index is -3.81. The fourth-order valence-corrected chi connectivity index (χ4v) is 4.53. The summed E-state index contributed by atoms with van der Waals surface area (Å²) in [7, 11) is -2.00. The molecule has 2 aromatic heterocycles. The number of pyridine rings is 1. The fraction of sp³-hybridized carbons (Fsp3) is 0.0952. The van der Waals surface area contributed by atoms with Gasteiger partial charge in [-0.25, -0.2) is 16.8 Å². The first-order valence-corrected chi connectivity index (χ1v) is 10.4. The van der Waals surface area contributed by atoms with Crippen LogP contribution in [0.3, 0.4) is 0 Å². The second kappa shape index (κ2) is 7.65. The average molecular weight is 410 g/mol. The number of halogens is 1. The van der Waals surface area contributed by atoms with Gasteiger partial charge in [-0.15, -0.1) is 0 Å². The molecule has 0 aliphatic heterocycles. The van der Waals surface area contributed by atoms with Crippen LogP contribution in [0.5, 0.6) is 0 Å². The van der Waals surface area contributed by atoms with Crippen LogP contribution < -0.4 is 10.6 Å². The molecule has 0 unspecified atom stereocenters. The van der Waals surface area contributed by atoms with Crippen molar-refractivity contribution >= 4 is 32.3 Å². The summed E-state index contributed by atoms with van der Waals surface area (Å²) in [5.41, 5.74) is 2.81. The van der Waals surface area contributed by atoms with E-state index in [1.165, 1.54) is 34.6 Å². The summed E-state index contributed by atoms with van der Waals surface area (Å²) in [6.45, 7) is 0.525. The number of hydrogen-bond acceptors (Lipinski definition) is 5. The van der Waals surface area contributed by atoms with Gasteiger partial charge in [0.15, 0.2) is 0 Å². The van der Waals surface area contributed by atoms with Crippen molar-refractivity contribution in [3.63, 3.8) is 0 Å². The van der Waals surface area contributed by atoms with E-state index in [0.717, 1.165) is 10.9 Å². The van der Waals surface area contributed by atoms with Crippen LogP contribution in [0, 0.1) is 5.82 Å². The molecule has 0 aliphatic carbocycles. The number of nitrogens with one attached hydrogen (secondary N) is 2. The van der Waals surface area contributed by atoms with Crippen molar-refractivity contribution in [2.75, 3.05) is 12.4 Å². The zero-order valence-corrected chi connectivity index (χ0v) is 16.4. The standard InChI is InChI=1S/C21H19FN4O2S/c1-23-12-15-14-26(29(27,28)19-3-2-10-24-13-19)21-11-18(8-9-20(15)21)25-17-6-4-16(22)5-7-17/h2-11,13-14,23,25H,12H2,1H3. The molecule has 0 atom stereocenters. The fourth-order valence-electron chi connectivity index (χ4n) is 3.19. The van der Waals surface area contributed by atoms with Gasteiger partial charge in [-0.05, 0) is 61.1 Å². The van der Waals surface area contributed by atoms with E-state index >= 15 is 0 Å². The Bertz CT molecular complexity index is 1250. The summed E-state index contributed by atoms with van der Waals surface area (Å²) in [5.74, 6) is -0.320. The summed E-state index contributed by atoms with van der Waals surface area (Å²) < 4.78 is 40.9. The van der Waals surface area contributed by atoms with Gasteiger partial charge in [0.05, 0.1) is 5.52 Å². The highest BCUT2D eigenvalue weighted by molar-refractivity contribution is 7.90. The van der Waals surface area contributed by atoms with E-state index < -0.39 is 10.0 Å². The van der Waals surface area contributed by atoms with E-state index in [1.54, 1.807) is 30.5 Å². The van der Waals surface area contributed by atoms with Crippen molar-refractivity contribution in [2.45, 2.75) is 11.4 Å². The molecule has 8 heteroatoms. The first-order chi connectivity index (χ1) is 14.0. The molecule has 2 heterocycles. The Hall–Kier alpha value is -3.23. The van der Waals surface area contributed by atoms with Crippen molar-refractivity contribution in [1.29, 1.82) is 0 Å². The van der Waals surface area contributed by atoms with E-state index in [9.17, 15) is 12.8 Å². The highest BCUT2D eigenvalue weighted by atomic mass is 32.2. The van der Waals surface area contributed by atoms with E-state index in [0.29, 0.717) is 23.4 Å². The molecular weight excluding hydrogens is 391 g/mol. The number of rotatable bonds is 6.